The van der Waals surface area contributed by atoms with Crippen LogP contribution in [-0.2, 0) is 19.6 Å². The average molecular weight is 358 g/mol. The minimum absolute atomic E-state index is 0.0218. The fourth-order valence-electron chi connectivity index (χ4n) is 2.91. The average Bonchev–Trinajstić information content (AvgIpc) is 3.03. The van der Waals surface area contributed by atoms with E-state index in [2.05, 4.69) is 5.92 Å². The van der Waals surface area contributed by atoms with Crippen molar-refractivity contribution >= 4 is 21.6 Å². The normalized spacial score (nSPS) is 13.1. The molecule has 0 saturated heterocycles. The lowest BCUT2D eigenvalue weighted by molar-refractivity contribution is 0.482. The molecule has 1 aliphatic rings. The van der Waals surface area contributed by atoms with E-state index in [1.807, 2.05) is 0 Å². The molecule has 7 nitrogen and oxygen atoms in total. The number of benzene rings is 1. The first-order valence-electron chi connectivity index (χ1n) is 7.37. The Balaban J connectivity index is 2.05. The van der Waals surface area contributed by atoms with Gasteiger partial charge in [0, 0.05) is 0 Å². The van der Waals surface area contributed by atoms with Crippen molar-refractivity contribution < 1.29 is 4.39 Å². The zero-order chi connectivity index (χ0) is 17.7. The Bertz CT molecular complexity index is 1220. The van der Waals surface area contributed by atoms with Gasteiger partial charge in [0.2, 0.25) is 0 Å². The number of thiazole rings is 1. The Labute approximate surface area is 143 Å². The number of aromatic nitrogens is 4. The highest BCUT2D eigenvalue weighted by molar-refractivity contribution is 7.16. The molecule has 9 heteroatoms. The van der Waals surface area contributed by atoms with Crippen molar-refractivity contribution in [2.45, 2.75) is 19.6 Å². The predicted molar refractivity (Wildman–Crippen MR) is 91.9 cm³/mol. The summed E-state index contributed by atoms with van der Waals surface area (Å²) in [4.78, 5) is 36.8. The topological polar surface area (TPSA) is 70.9 Å². The molecule has 0 N–H and O–H groups in total. The molecule has 126 valence electrons. The maximum absolute atomic E-state index is 14.6. The molecular formula is C16H11FN4O3S. The summed E-state index contributed by atoms with van der Waals surface area (Å²) in [5.41, 5.74) is -1.06. The van der Waals surface area contributed by atoms with Crippen LogP contribution >= 0.6 is 11.3 Å². The van der Waals surface area contributed by atoms with Gasteiger partial charge in [-0.25, -0.2) is 27.9 Å². The zero-order valence-electron chi connectivity index (χ0n) is 12.8. The maximum Gasteiger partial charge on any atom is 0.352 e. The molecule has 1 aromatic carbocycles. The van der Waals surface area contributed by atoms with Crippen LogP contribution < -0.4 is 16.3 Å². The van der Waals surface area contributed by atoms with Crippen LogP contribution in [-0.4, -0.2) is 18.5 Å². The Morgan fingerprint density at radius 2 is 1.76 bits per heavy atom. The first-order chi connectivity index (χ1) is 12.0. The van der Waals surface area contributed by atoms with Gasteiger partial charge < -0.3 is 0 Å². The summed E-state index contributed by atoms with van der Waals surface area (Å²) in [5.74, 6) is 1.62. The zero-order valence-corrected chi connectivity index (χ0v) is 13.6. The van der Waals surface area contributed by atoms with Gasteiger partial charge in [-0.05, 0) is 12.1 Å². The van der Waals surface area contributed by atoms with Gasteiger partial charge in [0.05, 0.1) is 35.5 Å². The largest absolute Gasteiger partial charge is 0.352 e. The molecule has 0 saturated carbocycles. The molecule has 0 unspecified atom stereocenters. The van der Waals surface area contributed by atoms with E-state index in [9.17, 15) is 18.8 Å². The van der Waals surface area contributed by atoms with E-state index in [1.54, 1.807) is 12.2 Å². The van der Waals surface area contributed by atoms with Gasteiger partial charge in [-0.1, -0.05) is 29.4 Å². The number of fused-ring (bicyclic) bond motifs is 2. The second-order valence-electron chi connectivity index (χ2n) is 5.47. The highest BCUT2D eigenvalue weighted by atomic mass is 32.1. The third kappa shape index (κ3) is 2.15. The van der Waals surface area contributed by atoms with Crippen LogP contribution in [0.15, 0.2) is 38.7 Å². The van der Waals surface area contributed by atoms with Crippen molar-refractivity contribution in [1.82, 2.24) is 18.5 Å². The van der Waals surface area contributed by atoms with Crippen molar-refractivity contribution in [3.63, 3.8) is 0 Å². The van der Waals surface area contributed by atoms with Gasteiger partial charge in [0.15, 0.2) is 0 Å². The summed E-state index contributed by atoms with van der Waals surface area (Å²) in [5, 5.41) is 0. The Morgan fingerprint density at radius 3 is 2.36 bits per heavy atom. The van der Waals surface area contributed by atoms with E-state index >= 15 is 0 Å². The van der Waals surface area contributed by atoms with Crippen molar-refractivity contribution in [2.24, 2.45) is 0 Å². The Kier molecular flexibility index (Phi) is 3.36. The number of hydrogen-bond donors (Lipinski definition) is 0. The molecule has 1 aliphatic heterocycles. The molecule has 0 amide bonds. The molecule has 0 fully saturated rings. The summed E-state index contributed by atoms with van der Waals surface area (Å²) in [6, 6.07) is 2.47. The van der Waals surface area contributed by atoms with E-state index in [4.69, 9.17) is 6.42 Å². The van der Waals surface area contributed by atoms with Crippen LogP contribution in [0.25, 0.3) is 15.9 Å². The van der Waals surface area contributed by atoms with Crippen LogP contribution in [0.2, 0.25) is 0 Å². The molecule has 0 radical (unpaired) electrons. The van der Waals surface area contributed by atoms with Crippen molar-refractivity contribution in [1.29, 1.82) is 0 Å². The molecule has 0 aliphatic carbocycles. The second kappa shape index (κ2) is 5.46. The van der Waals surface area contributed by atoms with E-state index in [1.165, 1.54) is 20.0 Å². The molecule has 2 aromatic heterocycles. The van der Waals surface area contributed by atoms with Gasteiger partial charge in [-0.2, -0.15) is 0 Å². The Hall–Kier alpha value is -3.12. The van der Waals surface area contributed by atoms with Crippen LogP contribution in [0.1, 0.15) is 0 Å². The van der Waals surface area contributed by atoms with Crippen LogP contribution in [0.5, 0.6) is 0 Å². The molecule has 0 spiro atoms. The number of terminal acetylenes is 1. The molecule has 3 aromatic rings. The molecule has 0 atom stereocenters. The van der Waals surface area contributed by atoms with Crippen molar-refractivity contribution in [2.75, 3.05) is 0 Å². The standard InChI is InChI=1S/C16H11FN4O3S/c1-2-5-18-12-9-11(10(17)8-13(12)25-16(18)24)21-14(22)19-6-3-4-7-20(19)15(21)23/h1,3-4,8-9H,5-7H2. The molecule has 25 heavy (non-hydrogen) atoms. The van der Waals surface area contributed by atoms with E-state index in [-0.39, 0.29) is 30.2 Å². The fraction of sp³-hybridized carbons (Fsp3) is 0.188. The predicted octanol–water partition coefficient (Wildman–Crippen LogP) is 0.519. The van der Waals surface area contributed by atoms with Gasteiger partial charge in [0.1, 0.15) is 5.82 Å². The third-order valence-electron chi connectivity index (χ3n) is 4.07. The number of hydrogen-bond acceptors (Lipinski definition) is 4. The number of rotatable bonds is 2. The summed E-state index contributed by atoms with van der Waals surface area (Å²) >= 11 is 0.858. The first-order valence-corrected chi connectivity index (χ1v) is 8.19. The lowest BCUT2D eigenvalue weighted by Crippen LogP contribution is -2.28. The summed E-state index contributed by atoms with van der Waals surface area (Å²) in [6.45, 7) is 0.504. The summed E-state index contributed by atoms with van der Waals surface area (Å²) in [7, 11) is 0. The van der Waals surface area contributed by atoms with Gasteiger partial charge >= 0.3 is 16.3 Å². The highest BCUT2D eigenvalue weighted by Gasteiger charge is 2.21. The minimum atomic E-state index is -0.752. The minimum Gasteiger partial charge on any atom is -0.287 e. The molecular weight excluding hydrogens is 347 g/mol. The Morgan fingerprint density at radius 1 is 1.12 bits per heavy atom. The lowest BCUT2D eigenvalue weighted by atomic mass is 10.2. The number of allylic oxidation sites excluding steroid dienone is 2. The van der Waals surface area contributed by atoms with Crippen LogP contribution in [0.3, 0.4) is 0 Å². The SMILES string of the molecule is C#CCn1c(=O)sc2cc(F)c(-n3c(=O)n4n(c3=O)CC=CC4)cc21. The van der Waals surface area contributed by atoms with Gasteiger partial charge in [-0.15, -0.1) is 6.42 Å². The molecule has 4 rings (SSSR count). The molecule has 0 bridgehead atoms. The second-order valence-corrected chi connectivity index (χ2v) is 6.46. The highest BCUT2D eigenvalue weighted by Crippen LogP contribution is 2.23. The van der Waals surface area contributed by atoms with Crippen molar-refractivity contribution in [3.05, 3.63) is 60.7 Å². The smallest absolute Gasteiger partial charge is 0.287 e. The van der Waals surface area contributed by atoms with E-state index < -0.39 is 17.2 Å². The first kappa shape index (κ1) is 15.4. The summed E-state index contributed by atoms with van der Waals surface area (Å²) < 4.78 is 19.6. The van der Waals surface area contributed by atoms with Gasteiger partial charge in [-0.3, -0.25) is 9.36 Å². The third-order valence-corrected chi connectivity index (χ3v) is 5.01. The van der Waals surface area contributed by atoms with E-state index in [0.29, 0.717) is 10.2 Å². The van der Waals surface area contributed by atoms with Crippen LogP contribution in [0.4, 0.5) is 4.39 Å². The van der Waals surface area contributed by atoms with Crippen LogP contribution in [0, 0.1) is 18.2 Å². The lowest BCUT2D eigenvalue weighted by Gasteiger charge is -2.08. The quantitative estimate of drug-likeness (QED) is 0.495. The van der Waals surface area contributed by atoms with Crippen molar-refractivity contribution in [3.8, 4) is 18.0 Å². The fourth-order valence-corrected chi connectivity index (χ4v) is 3.81. The monoisotopic (exact) mass is 358 g/mol. The maximum atomic E-state index is 14.6. The number of nitrogens with zero attached hydrogens (tertiary/aromatic N) is 4. The summed E-state index contributed by atoms with van der Waals surface area (Å²) in [6.07, 6.45) is 8.79. The molecule has 3 heterocycles. The van der Waals surface area contributed by atoms with Gasteiger partial charge in [0.25, 0.3) is 0 Å². The van der Waals surface area contributed by atoms with E-state index in [0.717, 1.165) is 22.0 Å². The number of halogens is 1.